The maximum absolute atomic E-state index is 11.7. The van der Waals surface area contributed by atoms with Crippen LogP contribution in [0.5, 0.6) is 0 Å². The fourth-order valence-electron chi connectivity index (χ4n) is 3.22. The van der Waals surface area contributed by atoms with Crippen LogP contribution in [0.2, 0.25) is 0 Å². The van der Waals surface area contributed by atoms with E-state index < -0.39 is 5.97 Å². The monoisotopic (exact) mass is 406 g/mol. The van der Waals surface area contributed by atoms with Gasteiger partial charge in [0.05, 0.1) is 29.2 Å². The van der Waals surface area contributed by atoms with Crippen LogP contribution in [-0.4, -0.2) is 25.8 Å². The summed E-state index contributed by atoms with van der Waals surface area (Å²) in [4.78, 5) is 16.1. The van der Waals surface area contributed by atoms with Crippen molar-refractivity contribution in [2.45, 2.75) is 18.5 Å². The third-order valence-corrected chi connectivity index (χ3v) is 5.09. The van der Waals surface area contributed by atoms with E-state index in [1.165, 1.54) is 6.20 Å². The second-order valence-corrected chi connectivity index (χ2v) is 7.16. The number of pyridine rings is 1. The Bertz CT molecular complexity index is 1130. The molecule has 146 valence electrons. The van der Waals surface area contributed by atoms with Gasteiger partial charge in [-0.15, -0.1) is 11.6 Å². The number of anilines is 1. The normalized spacial score (nSPS) is 12.0. The minimum Gasteiger partial charge on any atom is -0.478 e. The first kappa shape index (κ1) is 19.0. The van der Waals surface area contributed by atoms with Crippen LogP contribution in [0.3, 0.4) is 0 Å². The summed E-state index contributed by atoms with van der Waals surface area (Å²) in [7, 11) is 0. The molecule has 4 aromatic rings. The number of halogens is 1. The van der Waals surface area contributed by atoms with Gasteiger partial charge < -0.3 is 10.4 Å². The number of alkyl halides is 1. The molecule has 0 fully saturated rings. The molecule has 0 bridgehead atoms. The number of carboxylic acids is 1. The molecule has 1 atom stereocenters. The van der Waals surface area contributed by atoms with Crippen LogP contribution >= 0.6 is 11.6 Å². The number of rotatable bonds is 7. The molecule has 0 aliphatic rings. The van der Waals surface area contributed by atoms with E-state index in [0.29, 0.717) is 29.8 Å². The quantitative estimate of drug-likeness (QED) is 0.434. The summed E-state index contributed by atoms with van der Waals surface area (Å²) < 4.78 is 1.71. The van der Waals surface area contributed by atoms with E-state index in [1.54, 1.807) is 10.9 Å². The Balaban J connectivity index is 1.66. The van der Waals surface area contributed by atoms with Gasteiger partial charge in [-0.25, -0.2) is 14.5 Å². The van der Waals surface area contributed by atoms with E-state index in [-0.39, 0.29) is 10.9 Å². The molecular formula is C22H19ClN4O2. The zero-order chi connectivity index (χ0) is 20.2. The number of hydrogen-bond acceptors (Lipinski definition) is 4. The van der Waals surface area contributed by atoms with E-state index in [9.17, 15) is 9.90 Å². The van der Waals surface area contributed by atoms with Crippen molar-refractivity contribution in [1.82, 2.24) is 14.8 Å². The van der Waals surface area contributed by atoms with E-state index in [0.717, 1.165) is 11.1 Å². The molecule has 4 rings (SSSR count). The lowest BCUT2D eigenvalue weighted by molar-refractivity contribution is 0.0697. The number of nitrogens with zero attached hydrogens (tertiary/aromatic N) is 3. The van der Waals surface area contributed by atoms with Crippen molar-refractivity contribution in [2.75, 3.05) is 5.32 Å². The largest absolute Gasteiger partial charge is 0.478 e. The van der Waals surface area contributed by atoms with Crippen molar-refractivity contribution in [1.29, 1.82) is 0 Å². The average Bonchev–Trinajstić information content (AvgIpc) is 3.16. The van der Waals surface area contributed by atoms with Crippen molar-refractivity contribution in [2.24, 2.45) is 0 Å². The zero-order valence-electron chi connectivity index (χ0n) is 15.5. The average molecular weight is 407 g/mol. The van der Waals surface area contributed by atoms with Gasteiger partial charge in [-0.1, -0.05) is 60.7 Å². The smallest absolute Gasteiger partial charge is 0.339 e. The number of aromatic carboxylic acids is 1. The minimum absolute atomic E-state index is 0.110. The lowest BCUT2D eigenvalue weighted by atomic mass is 10.1. The predicted molar refractivity (Wildman–Crippen MR) is 113 cm³/mol. The molecule has 2 heterocycles. The van der Waals surface area contributed by atoms with Crippen molar-refractivity contribution in [3.05, 3.63) is 89.7 Å². The van der Waals surface area contributed by atoms with Crippen LogP contribution in [0.25, 0.3) is 11.0 Å². The number of benzene rings is 2. The molecule has 0 spiro atoms. The third kappa shape index (κ3) is 4.07. The summed E-state index contributed by atoms with van der Waals surface area (Å²) >= 11 is 6.56. The highest BCUT2D eigenvalue weighted by Crippen LogP contribution is 2.29. The zero-order valence-corrected chi connectivity index (χ0v) is 16.3. The molecular weight excluding hydrogens is 388 g/mol. The van der Waals surface area contributed by atoms with Crippen LogP contribution in [0.1, 0.15) is 26.9 Å². The van der Waals surface area contributed by atoms with Gasteiger partial charge in [-0.05, 0) is 11.1 Å². The topological polar surface area (TPSA) is 80.0 Å². The molecule has 1 unspecified atom stereocenters. The van der Waals surface area contributed by atoms with Crippen LogP contribution in [0.15, 0.2) is 73.1 Å². The fraction of sp³-hybridized carbons (Fsp3) is 0.136. The van der Waals surface area contributed by atoms with Gasteiger partial charge in [0, 0.05) is 12.7 Å². The van der Waals surface area contributed by atoms with Crippen molar-refractivity contribution in [3.8, 4) is 0 Å². The Morgan fingerprint density at radius 3 is 2.45 bits per heavy atom. The van der Waals surface area contributed by atoms with Crippen LogP contribution in [0.4, 0.5) is 5.69 Å². The molecule has 2 N–H and O–H groups in total. The number of carboxylic acid groups (broad SMARTS) is 1. The summed E-state index contributed by atoms with van der Waals surface area (Å²) in [5.41, 5.74) is 3.24. The van der Waals surface area contributed by atoms with Crippen LogP contribution in [0, 0.1) is 0 Å². The molecule has 0 radical (unpaired) electrons. The first-order valence-corrected chi connectivity index (χ1v) is 9.61. The summed E-state index contributed by atoms with van der Waals surface area (Å²) in [6.45, 7) is 0.917. The number of hydrogen-bond donors (Lipinski definition) is 2. The highest BCUT2D eigenvalue weighted by atomic mass is 35.5. The predicted octanol–water partition coefficient (Wildman–Crippen LogP) is 4.72. The first-order chi connectivity index (χ1) is 14.1. The molecule has 6 nitrogen and oxygen atoms in total. The molecule has 7 heteroatoms. The maximum atomic E-state index is 11.7. The Morgan fingerprint density at radius 2 is 1.76 bits per heavy atom. The minimum atomic E-state index is -1.04. The van der Waals surface area contributed by atoms with Crippen molar-refractivity contribution in [3.63, 3.8) is 0 Å². The molecule has 2 aromatic heterocycles. The van der Waals surface area contributed by atoms with Gasteiger partial charge in [0.25, 0.3) is 0 Å². The van der Waals surface area contributed by atoms with Crippen LogP contribution < -0.4 is 5.32 Å². The lowest BCUT2D eigenvalue weighted by Gasteiger charge is -2.13. The number of aromatic nitrogens is 3. The van der Waals surface area contributed by atoms with Gasteiger partial charge in [-0.3, -0.25) is 0 Å². The maximum Gasteiger partial charge on any atom is 0.339 e. The summed E-state index contributed by atoms with van der Waals surface area (Å²) in [6.07, 6.45) is 3.00. The molecule has 0 aliphatic carbocycles. The van der Waals surface area contributed by atoms with Gasteiger partial charge in [0.1, 0.15) is 5.56 Å². The Labute approximate surface area is 172 Å². The SMILES string of the molecule is O=C(O)c1cnc2c(cnn2CC(Cl)c2ccccc2)c1NCc1ccccc1. The molecule has 0 saturated heterocycles. The van der Waals surface area contributed by atoms with Crippen molar-refractivity contribution >= 4 is 34.3 Å². The van der Waals surface area contributed by atoms with E-state index in [1.807, 2.05) is 60.7 Å². The second-order valence-electron chi connectivity index (χ2n) is 6.63. The highest BCUT2D eigenvalue weighted by molar-refractivity contribution is 6.20. The van der Waals surface area contributed by atoms with Gasteiger partial charge in [0.2, 0.25) is 0 Å². The second kappa shape index (κ2) is 8.32. The summed E-state index contributed by atoms with van der Waals surface area (Å²) in [5.74, 6) is -1.04. The fourth-order valence-corrected chi connectivity index (χ4v) is 3.49. The highest BCUT2D eigenvalue weighted by Gasteiger charge is 2.19. The molecule has 29 heavy (non-hydrogen) atoms. The Hall–Kier alpha value is -3.38. The number of nitrogens with one attached hydrogen (secondary N) is 1. The Kier molecular flexibility index (Phi) is 5.44. The molecule has 0 saturated carbocycles. The van der Waals surface area contributed by atoms with Crippen molar-refractivity contribution < 1.29 is 9.90 Å². The van der Waals surface area contributed by atoms with E-state index in [4.69, 9.17) is 11.6 Å². The molecule has 0 aliphatic heterocycles. The van der Waals surface area contributed by atoms with Crippen LogP contribution in [-0.2, 0) is 13.1 Å². The summed E-state index contributed by atoms with van der Waals surface area (Å²) in [6, 6.07) is 19.5. The third-order valence-electron chi connectivity index (χ3n) is 4.70. The van der Waals surface area contributed by atoms with Gasteiger partial charge >= 0.3 is 5.97 Å². The number of fused-ring (bicyclic) bond motifs is 1. The van der Waals surface area contributed by atoms with Gasteiger partial charge in [-0.2, -0.15) is 5.10 Å². The molecule has 0 amide bonds. The Morgan fingerprint density at radius 1 is 1.07 bits per heavy atom. The summed E-state index contributed by atoms with van der Waals surface area (Å²) in [5, 5.41) is 17.6. The first-order valence-electron chi connectivity index (χ1n) is 9.18. The number of carbonyl (C=O) groups is 1. The van der Waals surface area contributed by atoms with E-state index in [2.05, 4.69) is 15.4 Å². The lowest BCUT2D eigenvalue weighted by Crippen LogP contribution is -2.10. The van der Waals surface area contributed by atoms with Gasteiger partial charge in [0.15, 0.2) is 5.65 Å². The standard InChI is InChI=1S/C22H19ClN4O2/c23-19(16-9-5-2-6-10-16)14-27-21-17(13-26-27)20(18(12-25-21)22(28)29)24-11-15-7-3-1-4-8-15/h1-10,12-13,19H,11,14H2,(H,24,25)(H,28,29). The molecule has 2 aromatic carbocycles. The van der Waals surface area contributed by atoms with E-state index >= 15 is 0 Å².